The van der Waals surface area contributed by atoms with Crippen LogP contribution in [0.15, 0.2) is 18.2 Å². The molecule has 6 heteroatoms. The lowest BCUT2D eigenvalue weighted by molar-refractivity contribution is -0.139. The van der Waals surface area contributed by atoms with Gasteiger partial charge in [-0.3, -0.25) is 9.59 Å². The number of rotatable bonds is 5. The number of hydrogen-bond donors (Lipinski definition) is 2. The quantitative estimate of drug-likeness (QED) is 0.820. The number of Topliss-reactive ketones (excluding diaryl/α,β-unsaturated/α-hetero) is 1. The molecule has 2 rings (SSSR count). The van der Waals surface area contributed by atoms with Gasteiger partial charge in [0.1, 0.15) is 0 Å². The van der Waals surface area contributed by atoms with E-state index in [2.05, 4.69) is 5.32 Å². The molecule has 1 saturated carbocycles. The highest BCUT2D eigenvalue weighted by Gasteiger charge is 2.63. The zero-order valence-electron chi connectivity index (χ0n) is 10.2. The molecule has 0 saturated heterocycles. The SMILES string of the molecule is CNCC1(C(=O)c2ccc(Cl)c(Cl)c2)CC1C(=O)O. The predicted molar refractivity (Wildman–Crippen MR) is 72.9 cm³/mol. The van der Waals surface area contributed by atoms with Crippen LogP contribution >= 0.6 is 23.2 Å². The van der Waals surface area contributed by atoms with E-state index in [0.29, 0.717) is 28.6 Å². The van der Waals surface area contributed by atoms with Crippen molar-refractivity contribution >= 4 is 35.0 Å². The maximum absolute atomic E-state index is 12.5. The summed E-state index contributed by atoms with van der Waals surface area (Å²) in [7, 11) is 1.70. The van der Waals surface area contributed by atoms with Crippen molar-refractivity contribution in [3.8, 4) is 0 Å². The number of carboxylic acid groups (broad SMARTS) is 1. The van der Waals surface area contributed by atoms with Crippen LogP contribution in [-0.4, -0.2) is 30.5 Å². The van der Waals surface area contributed by atoms with Crippen molar-refractivity contribution in [3.63, 3.8) is 0 Å². The summed E-state index contributed by atoms with van der Waals surface area (Å²) in [4.78, 5) is 23.6. The molecule has 0 bridgehead atoms. The Morgan fingerprint density at radius 2 is 2.11 bits per heavy atom. The molecule has 4 nitrogen and oxygen atoms in total. The Hall–Kier alpha value is -1.10. The first-order chi connectivity index (χ1) is 8.92. The molecule has 1 aromatic carbocycles. The molecule has 1 aromatic rings. The van der Waals surface area contributed by atoms with Crippen LogP contribution in [0.3, 0.4) is 0 Å². The number of carboxylic acids is 1. The van der Waals surface area contributed by atoms with Crippen LogP contribution in [0.4, 0.5) is 0 Å². The third-order valence-electron chi connectivity index (χ3n) is 3.50. The minimum absolute atomic E-state index is 0.201. The fraction of sp³-hybridized carbons (Fsp3) is 0.385. The molecular weight excluding hydrogens is 289 g/mol. The Kier molecular flexibility index (Phi) is 3.85. The summed E-state index contributed by atoms with van der Waals surface area (Å²) in [5.41, 5.74) is -0.467. The van der Waals surface area contributed by atoms with E-state index >= 15 is 0 Å². The van der Waals surface area contributed by atoms with E-state index in [4.69, 9.17) is 28.3 Å². The summed E-state index contributed by atoms with van der Waals surface area (Å²) < 4.78 is 0. The van der Waals surface area contributed by atoms with Crippen LogP contribution in [-0.2, 0) is 4.79 Å². The summed E-state index contributed by atoms with van der Waals surface area (Å²) >= 11 is 11.7. The van der Waals surface area contributed by atoms with Crippen LogP contribution in [0.25, 0.3) is 0 Å². The van der Waals surface area contributed by atoms with Crippen LogP contribution in [0.2, 0.25) is 10.0 Å². The molecule has 2 N–H and O–H groups in total. The van der Waals surface area contributed by atoms with Gasteiger partial charge >= 0.3 is 5.97 Å². The number of benzene rings is 1. The van der Waals surface area contributed by atoms with Crippen LogP contribution in [0.1, 0.15) is 16.8 Å². The van der Waals surface area contributed by atoms with Crippen molar-refractivity contribution in [1.29, 1.82) is 0 Å². The smallest absolute Gasteiger partial charge is 0.307 e. The minimum atomic E-state index is -0.941. The Balaban J connectivity index is 2.31. The molecule has 19 heavy (non-hydrogen) atoms. The molecule has 0 aromatic heterocycles. The molecule has 1 aliphatic rings. The molecule has 2 unspecified atom stereocenters. The molecule has 1 fully saturated rings. The normalized spacial score (nSPS) is 25.1. The number of halogens is 2. The topological polar surface area (TPSA) is 66.4 Å². The van der Waals surface area contributed by atoms with Gasteiger partial charge in [-0.25, -0.2) is 0 Å². The second-order valence-corrected chi connectivity index (χ2v) is 5.55. The van der Waals surface area contributed by atoms with Gasteiger partial charge in [-0.15, -0.1) is 0 Å². The van der Waals surface area contributed by atoms with Crippen molar-refractivity contribution in [2.45, 2.75) is 6.42 Å². The second kappa shape index (κ2) is 5.12. The largest absolute Gasteiger partial charge is 0.481 e. The molecule has 0 heterocycles. The highest BCUT2D eigenvalue weighted by molar-refractivity contribution is 6.42. The first kappa shape index (κ1) is 14.3. The standard InChI is InChI=1S/C13H13Cl2NO3/c1-16-6-13(5-8(13)12(18)19)11(17)7-2-3-9(14)10(15)4-7/h2-4,8,16H,5-6H2,1H3,(H,18,19). The Morgan fingerprint density at radius 1 is 1.42 bits per heavy atom. The molecule has 1 aliphatic carbocycles. The van der Waals surface area contributed by atoms with Crippen LogP contribution < -0.4 is 5.32 Å². The zero-order valence-corrected chi connectivity index (χ0v) is 11.8. The van der Waals surface area contributed by atoms with Gasteiger partial charge < -0.3 is 10.4 Å². The minimum Gasteiger partial charge on any atom is -0.481 e. The van der Waals surface area contributed by atoms with Crippen molar-refractivity contribution < 1.29 is 14.7 Å². The summed E-state index contributed by atoms with van der Waals surface area (Å²) in [6.45, 7) is 0.336. The lowest BCUT2D eigenvalue weighted by Crippen LogP contribution is -2.31. The lowest BCUT2D eigenvalue weighted by Gasteiger charge is -2.15. The van der Waals surface area contributed by atoms with E-state index < -0.39 is 17.3 Å². The van der Waals surface area contributed by atoms with Crippen LogP contribution in [0.5, 0.6) is 0 Å². The third-order valence-corrected chi connectivity index (χ3v) is 4.24. The molecule has 2 atom stereocenters. The Labute approximate surface area is 120 Å². The van der Waals surface area contributed by atoms with E-state index in [1.807, 2.05) is 0 Å². The van der Waals surface area contributed by atoms with E-state index in [0.717, 1.165) is 0 Å². The Bertz CT molecular complexity index is 547. The van der Waals surface area contributed by atoms with Crippen LogP contribution in [0, 0.1) is 11.3 Å². The highest BCUT2D eigenvalue weighted by atomic mass is 35.5. The number of carbonyl (C=O) groups is 2. The maximum atomic E-state index is 12.5. The average molecular weight is 302 g/mol. The van der Waals surface area contributed by atoms with E-state index in [1.54, 1.807) is 19.2 Å². The second-order valence-electron chi connectivity index (χ2n) is 4.74. The Morgan fingerprint density at radius 3 is 2.58 bits per heavy atom. The van der Waals surface area contributed by atoms with Crippen molar-refractivity contribution in [3.05, 3.63) is 33.8 Å². The molecule has 0 spiro atoms. The fourth-order valence-corrected chi connectivity index (χ4v) is 2.69. The summed E-state index contributed by atoms with van der Waals surface area (Å²) in [5.74, 6) is -1.78. The molecule has 102 valence electrons. The van der Waals surface area contributed by atoms with Gasteiger partial charge in [0, 0.05) is 12.1 Å². The van der Waals surface area contributed by atoms with Crippen molar-refractivity contribution in [2.75, 3.05) is 13.6 Å². The lowest BCUT2D eigenvalue weighted by atomic mass is 9.92. The van der Waals surface area contributed by atoms with Gasteiger partial charge in [-0.05, 0) is 31.7 Å². The first-order valence-corrected chi connectivity index (χ1v) is 6.55. The highest BCUT2D eigenvalue weighted by Crippen LogP contribution is 2.54. The van der Waals surface area contributed by atoms with Gasteiger partial charge in [0.25, 0.3) is 0 Å². The monoisotopic (exact) mass is 301 g/mol. The fourth-order valence-electron chi connectivity index (χ4n) is 2.40. The van der Waals surface area contributed by atoms with Crippen molar-refractivity contribution in [1.82, 2.24) is 5.32 Å². The van der Waals surface area contributed by atoms with Gasteiger partial charge in [-0.2, -0.15) is 0 Å². The predicted octanol–water partition coefficient (Wildman–Crippen LogP) is 2.49. The number of hydrogen-bond acceptors (Lipinski definition) is 3. The van der Waals surface area contributed by atoms with Gasteiger partial charge in [0.15, 0.2) is 5.78 Å². The number of nitrogens with one attached hydrogen (secondary N) is 1. The van der Waals surface area contributed by atoms with Crippen molar-refractivity contribution in [2.24, 2.45) is 11.3 Å². The average Bonchev–Trinajstić information content (AvgIpc) is 3.08. The molecule has 0 aliphatic heterocycles. The molecular formula is C13H13Cl2NO3. The maximum Gasteiger partial charge on any atom is 0.307 e. The van der Waals surface area contributed by atoms with Gasteiger partial charge in [0.05, 0.1) is 21.4 Å². The van der Waals surface area contributed by atoms with E-state index in [9.17, 15) is 9.59 Å². The van der Waals surface area contributed by atoms with Gasteiger partial charge in [-0.1, -0.05) is 23.2 Å². The number of carbonyl (C=O) groups excluding carboxylic acids is 1. The first-order valence-electron chi connectivity index (χ1n) is 5.79. The third kappa shape index (κ3) is 2.48. The van der Waals surface area contributed by atoms with E-state index in [-0.39, 0.29) is 5.78 Å². The van der Waals surface area contributed by atoms with E-state index in [1.165, 1.54) is 6.07 Å². The number of aliphatic carboxylic acids is 1. The summed E-state index contributed by atoms with van der Waals surface area (Å²) in [6, 6.07) is 4.61. The zero-order chi connectivity index (χ0) is 14.2. The molecule has 0 radical (unpaired) electrons. The van der Waals surface area contributed by atoms with Gasteiger partial charge in [0.2, 0.25) is 0 Å². The summed E-state index contributed by atoms with van der Waals surface area (Å²) in [6.07, 6.45) is 0.349. The number of ketones is 1. The molecule has 0 amide bonds. The summed E-state index contributed by atoms with van der Waals surface area (Å²) in [5, 5.41) is 12.6.